The highest BCUT2D eigenvalue weighted by Gasteiger charge is 2.28. The van der Waals surface area contributed by atoms with E-state index in [1.54, 1.807) is 5.56 Å². The summed E-state index contributed by atoms with van der Waals surface area (Å²) < 4.78 is 0. The van der Waals surface area contributed by atoms with E-state index in [-0.39, 0.29) is 0 Å². The van der Waals surface area contributed by atoms with Gasteiger partial charge in [-0.25, -0.2) is 0 Å². The summed E-state index contributed by atoms with van der Waals surface area (Å²) in [4.78, 5) is 4.60. The van der Waals surface area contributed by atoms with Gasteiger partial charge in [-0.3, -0.25) is 4.98 Å². The monoisotopic (exact) mass is 187 g/mol. The van der Waals surface area contributed by atoms with Crippen LogP contribution in [0.4, 0.5) is 0 Å². The Morgan fingerprint density at radius 2 is 1.71 bits per heavy atom. The summed E-state index contributed by atoms with van der Waals surface area (Å²) in [6.07, 6.45) is 10.3. The Morgan fingerprint density at radius 3 is 2.29 bits per heavy atom. The Kier molecular flexibility index (Phi) is 2.04. The van der Waals surface area contributed by atoms with Gasteiger partial charge in [0.05, 0.1) is 0 Å². The third-order valence-electron chi connectivity index (χ3n) is 3.91. The van der Waals surface area contributed by atoms with Crippen LogP contribution < -0.4 is 0 Å². The molecule has 2 fully saturated rings. The van der Waals surface area contributed by atoms with Gasteiger partial charge in [-0.15, -0.1) is 0 Å². The van der Waals surface area contributed by atoms with Crippen molar-refractivity contribution in [2.75, 3.05) is 0 Å². The Morgan fingerprint density at radius 1 is 1.00 bits per heavy atom. The van der Waals surface area contributed by atoms with E-state index in [0.717, 1.165) is 11.8 Å². The molecule has 0 aromatic carbocycles. The lowest BCUT2D eigenvalue weighted by atomic mass is 9.74. The highest BCUT2D eigenvalue weighted by molar-refractivity contribution is 5.29. The lowest BCUT2D eigenvalue weighted by molar-refractivity contribution is 0.381. The predicted octanol–water partition coefficient (Wildman–Crippen LogP) is 3.62. The summed E-state index contributed by atoms with van der Waals surface area (Å²) in [7, 11) is 0. The molecule has 0 bridgehead atoms. The second-order valence-electron chi connectivity index (χ2n) is 4.73. The number of nitrogens with zero attached hydrogens (tertiary/aromatic N) is 1. The molecule has 0 radical (unpaired) electrons. The van der Waals surface area contributed by atoms with Crippen molar-refractivity contribution >= 4 is 0 Å². The zero-order valence-corrected chi connectivity index (χ0v) is 8.58. The molecule has 0 N–H and O–H groups in total. The molecule has 2 aliphatic carbocycles. The zero-order valence-electron chi connectivity index (χ0n) is 8.58. The molecule has 1 heteroatoms. The van der Waals surface area contributed by atoms with Gasteiger partial charge in [0.2, 0.25) is 0 Å². The fourth-order valence-electron chi connectivity index (χ4n) is 2.52. The molecule has 0 saturated heterocycles. The largest absolute Gasteiger partial charge is 0.261 e. The Bertz CT molecular complexity index is 291. The molecular weight excluding hydrogens is 170 g/mol. The van der Waals surface area contributed by atoms with Gasteiger partial charge in [-0.1, -0.05) is 18.9 Å². The Labute approximate surface area is 85.6 Å². The van der Waals surface area contributed by atoms with Crippen LogP contribution in [0.15, 0.2) is 18.3 Å². The van der Waals surface area contributed by atoms with Gasteiger partial charge in [0.1, 0.15) is 0 Å². The van der Waals surface area contributed by atoms with E-state index >= 15 is 0 Å². The average Bonchev–Trinajstić information content (AvgIpc) is 2.01. The Balaban J connectivity index is 1.91. The second kappa shape index (κ2) is 3.38. The van der Waals surface area contributed by atoms with Crippen molar-refractivity contribution in [1.29, 1.82) is 0 Å². The van der Waals surface area contributed by atoms with Gasteiger partial charge in [0.25, 0.3) is 0 Å². The van der Waals surface area contributed by atoms with Crippen LogP contribution in [0.25, 0.3) is 0 Å². The minimum Gasteiger partial charge on any atom is -0.261 e. The van der Waals surface area contributed by atoms with E-state index in [1.807, 2.05) is 6.20 Å². The molecule has 1 heterocycles. The quantitative estimate of drug-likeness (QED) is 0.689. The lowest BCUT2D eigenvalue weighted by Gasteiger charge is -2.32. The molecule has 1 nitrogen and oxygen atoms in total. The molecule has 74 valence electrons. The first-order valence-electron chi connectivity index (χ1n) is 5.90. The van der Waals surface area contributed by atoms with E-state index in [4.69, 9.17) is 0 Å². The molecule has 0 unspecified atom stereocenters. The summed E-state index contributed by atoms with van der Waals surface area (Å²) in [5.74, 6) is 1.64. The van der Waals surface area contributed by atoms with Crippen LogP contribution in [-0.2, 0) is 0 Å². The van der Waals surface area contributed by atoms with Crippen LogP contribution in [0.5, 0.6) is 0 Å². The van der Waals surface area contributed by atoms with Gasteiger partial charge < -0.3 is 0 Å². The predicted molar refractivity (Wildman–Crippen MR) is 57.4 cm³/mol. The van der Waals surface area contributed by atoms with Crippen LogP contribution in [0.1, 0.15) is 61.6 Å². The number of aromatic nitrogens is 1. The highest BCUT2D eigenvalue weighted by atomic mass is 14.7. The lowest BCUT2D eigenvalue weighted by Crippen LogP contribution is -2.17. The summed E-state index contributed by atoms with van der Waals surface area (Å²) in [5.41, 5.74) is 3.01. The molecule has 14 heavy (non-hydrogen) atoms. The number of hydrogen-bond acceptors (Lipinski definition) is 1. The molecule has 3 rings (SSSR count). The van der Waals surface area contributed by atoms with E-state index in [0.29, 0.717) is 0 Å². The molecule has 1 aromatic rings. The summed E-state index contributed by atoms with van der Waals surface area (Å²) in [6.45, 7) is 0. The van der Waals surface area contributed by atoms with Gasteiger partial charge >= 0.3 is 0 Å². The zero-order chi connectivity index (χ0) is 9.38. The maximum Gasteiger partial charge on any atom is 0.0469 e. The fraction of sp³-hybridized carbons (Fsp3) is 0.615. The maximum atomic E-state index is 4.60. The molecule has 0 atom stereocenters. The van der Waals surface area contributed by atoms with Gasteiger partial charge in [-0.2, -0.15) is 0 Å². The van der Waals surface area contributed by atoms with Crippen LogP contribution in [0.2, 0.25) is 0 Å². The molecule has 2 aliphatic rings. The molecule has 0 spiro atoms. The van der Waals surface area contributed by atoms with Crippen molar-refractivity contribution in [3.05, 3.63) is 29.6 Å². The van der Waals surface area contributed by atoms with Gasteiger partial charge in [0, 0.05) is 17.8 Å². The molecule has 2 saturated carbocycles. The summed E-state index contributed by atoms with van der Waals surface area (Å²) in [6, 6.07) is 4.42. The van der Waals surface area contributed by atoms with Crippen LogP contribution in [0.3, 0.4) is 0 Å². The minimum absolute atomic E-state index is 0.798. The van der Waals surface area contributed by atoms with Gasteiger partial charge in [0.15, 0.2) is 0 Å². The third kappa shape index (κ3) is 1.26. The first-order valence-corrected chi connectivity index (χ1v) is 5.90. The number of hydrogen-bond donors (Lipinski definition) is 0. The highest BCUT2D eigenvalue weighted by Crippen LogP contribution is 2.43. The van der Waals surface area contributed by atoms with E-state index in [2.05, 4.69) is 17.1 Å². The first-order chi connectivity index (χ1) is 6.95. The second-order valence-corrected chi connectivity index (χ2v) is 4.73. The normalized spacial score (nSPS) is 22.9. The average molecular weight is 187 g/mol. The first kappa shape index (κ1) is 8.46. The number of rotatable bonds is 2. The van der Waals surface area contributed by atoms with Crippen molar-refractivity contribution in [1.82, 2.24) is 4.98 Å². The fourth-order valence-corrected chi connectivity index (χ4v) is 2.52. The minimum atomic E-state index is 0.798. The van der Waals surface area contributed by atoms with E-state index in [1.165, 1.54) is 44.2 Å². The van der Waals surface area contributed by atoms with Crippen LogP contribution >= 0.6 is 0 Å². The smallest absolute Gasteiger partial charge is 0.0469 e. The maximum absolute atomic E-state index is 4.60. The summed E-state index contributed by atoms with van der Waals surface area (Å²) >= 11 is 0. The van der Waals surface area contributed by atoms with Crippen molar-refractivity contribution in [2.24, 2.45) is 0 Å². The van der Waals surface area contributed by atoms with Gasteiger partial charge in [-0.05, 0) is 43.2 Å². The van der Waals surface area contributed by atoms with Crippen molar-refractivity contribution in [2.45, 2.75) is 50.4 Å². The van der Waals surface area contributed by atoms with E-state index in [9.17, 15) is 0 Å². The van der Waals surface area contributed by atoms with E-state index < -0.39 is 0 Å². The SMILES string of the molecule is c1cnc(C2CCC2)c(C2CCC2)c1. The third-order valence-corrected chi connectivity index (χ3v) is 3.91. The van der Waals surface area contributed by atoms with Crippen molar-refractivity contribution < 1.29 is 0 Å². The van der Waals surface area contributed by atoms with Crippen molar-refractivity contribution in [3.63, 3.8) is 0 Å². The molecule has 1 aromatic heterocycles. The van der Waals surface area contributed by atoms with Crippen LogP contribution in [-0.4, -0.2) is 4.98 Å². The Hall–Kier alpha value is -0.850. The topological polar surface area (TPSA) is 12.9 Å². The molecule has 0 amide bonds. The molecular formula is C13H17N. The van der Waals surface area contributed by atoms with Crippen LogP contribution in [0, 0.1) is 0 Å². The number of pyridine rings is 1. The van der Waals surface area contributed by atoms with Crippen molar-refractivity contribution in [3.8, 4) is 0 Å². The summed E-state index contributed by atoms with van der Waals surface area (Å²) in [5, 5.41) is 0. The molecule has 0 aliphatic heterocycles. The standard InChI is InChI=1S/C13H17N/c1-4-10(5-1)12-8-3-9-14-13(12)11-6-2-7-11/h3,8-11H,1-2,4-7H2.